The Morgan fingerprint density at radius 2 is 1.71 bits per heavy atom. The predicted octanol–water partition coefficient (Wildman–Crippen LogP) is 0.519. The Labute approximate surface area is 120 Å². The van der Waals surface area contributed by atoms with Crippen molar-refractivity contribution in [2.75, 3.05) is 6.67 Å². The third-order valence-corrected chi connectivity index (χ3v) is 7.00. The van der Waals surface area contributed by atoms with Crippen molar-refractivity contribution in [2.45, 2.75) is 56.8 Å². The van der Waals surface area contributed by atoms with Crippen molar-refractivity contribution in [3.63, 3.8) is 0 Å². The van der Waals surface area contributed by atoms with Crippen molar-refractivity contribution in [2.24, 2.45) is 11.3 Å². The van der Waals surface area contributed by atoms with Crippen LogP contribution in [-0.2, 0) is 0 Å². The van der Waals surface area contributed by atoms with Crippen molar-refractivity contribution in [1.82, 2.24) is 15.1 Å². The fraction of sp³-hybridized carbons (Fsp3) is 1.00. The number of nitrogens with zero attached hydrogens (tertiary/aromatic N) is 3. The zero-order chi connectivity index (χ0) is 14.7. The molecule has 0 radical (unpaired) electrons. The van der Waals surface area contributed by atoms with Gasteiger partial charge in [0.2, 0.25) is 0 Å². The van der Waals surface area contributed by atoms with Crippen molar-refractivity contribution in [3.8, 4) is 0 Å². The minimum absolute atomic E-state index is 0.661. The summed E-state index contributed by atoms with van der Waals surface area (Å²) in [6, 6.07) is 3.61. The number of rotatable bonds is 0. The van der Waals surface area contributed by atoms with E-state index in [1.807, 2.05) is 0 Å². The lowest BCUT2D eigenvalue weighted by atomic mass is 9.51. The highest BCUT2D eigenvalue weighted by Gasteiger charge is 2.83. The van der Waals surface area contributed by atoms with Gasteiger partial charge in [-0.2, -0.15) is 10.1 Å². The number of hydrogen-bond donors (Lipinski definition) is 1. The fourth-order valence-corrected chi connectivity index (χ4v) is 6.69. The van der Waals surface area contributed by atoms with Crippen molar-refractivity contribution in [1.29, 1.82) is 0 Å². The van der Waals surface area contributed by atoms with E-state index < -0.39 is 7.25 Å². The van der Waals surface area contributed by atoms with Crippen molar-refractivity contribution < 1.29 is 22.4 Å². The molecule has 0 aromatic rings. The topological polar surface area (TPSA) is 14.2 Å². The van der Waals surface area contributed by atoms with Crippen LogP contribution in [0.3, 0.4) is 0 Å². The molecule has 4 nitrogen and oxygen atoms in total. The van der Waals surface area contributed by atoms with Crippen LogP contribution in [0.5, 0.6) is 0 Å². The molecule has 8 fully saturated rings. The second-order valence-electron chi connectivity index (χ2n) is 7.50. The molecule has 9 heteroatoms. The van der Waals surface area contributed by atoms with E-state index in [2.05, 4.69) is 22.1 Å². The van der Waals surface area contributed by atoms with E-state index in [4.69, 9.17) is 0 Å². The average molecular weight is 306 g/mol. The molecule has 6 aliphatic heterocycles. The van der Waals surface area contributed by atoms with Gasteiger partial charge >= 0.3 is 7.25 Å². The van der Waals surface area contributed by atoms with Crippen LogP contribution in [0.25, 0.3) is 0 Å². The lowest BCUT2D eigenvalue weighted by Gasteiger charge is -2.63. The van der Waals surface area contributed by atoms with Gasteiger partial charge in [0.1, 0.15) is 12.7 Å². The van der Waals surface area contributed by atoms with Crippen LogP contribution in [0, 0.1) is 11.3 Å². The first kappa shape index (κ1) is 13.1. The summed E-state index contributed by atoms with van der Waals surface area (Å²) in [5, 5.41) is 10.0. The highest BCUT2D eigenvalue weighted by molar-refractivity contribution is 6.50. The van der Waals surface area contributed by atoms with Gasteiger partial charge in [0.05, 0.1) is 17.5 Å². The standard InChI is InChI=1S/C12H18N4.BF4/c1-12-9-4-2-7-11(12)8-3-5-10(12)16-14(8)6-13(7)15(9)16;2-1(3,4)5/h7-11H,2-6H2,1H3;/q;-1/p+1/t7-,8+,9+,10-,11+,12-;. The van der Waals surface area contributed by atoms with Gasteiger partial charge in [-0.3, -0.25) is 0 Å². The Morgan fingerprint density at radius 3 is 2.43 bits per heavy atom. The summed E-state index contributed by atoms with van der Waals surface area (Å²) in [6.45, 7) is 3.87. The fourth-order valence-electron chi connectivity index (χ4n) is 6.69. The van der Waals surface area contributed by atoms with Crippen molar-refractivity contribution >= 4 is 7.25 Å². The molecule has 0 amide bonds. The molecular weight excluding hydrogens is 287 g/mol. The molecule has 6 heterocycles. The van der Waals surface area contributed by atoms with E-state index >= 15 is 0 Å². The molecule has 21 heavy (non-hydrogen) atoms. The number of fused-ring (bicyclic) bond motifs is 2. The molecule has 0 spiro atoms. The largest absolute Gasteiger partial charge is 0.673 e. The Balaban J connectivity index is 0.000000185. The number of nitrogens with one attached hydrogen (secondary N) is 1. The molecule has 2 saturated carbocycles. The molecule has 0 aromatic heterocycles. The van der Waals surface area contributed by atoms with Crippen LogP contribution in [0.15, 0.2) is 0 Å². The molecule has 7 bridgehead atoms. The number of halogens is 4. The average Bonchev–Trinajstić information content (AvgIpc) is 2.87. The van der Waals surface area contributed by atoms with E-state index in [-0.39, 0.29) is 0 Å². The Bertz CT molecular complexity index is 460. The summed E-state index contributed by atoms with van der Waals surface area (Å²) >= 11 is 0. The summed E-state index contributed by atoms with van der Waals surface area (Å²) < 4.78 is 39.0. The van der Waals surface area contributed by atoms with Gasteiger partial charge < -0.3 is 17.3 Å². The van der Waals surface area contributed by atoms with E-state index in [1.54, 1.807) is 5.12 Å². The lowest BCUT2D eigenvalue weighted by Crippen LogP contribution is -3.25. The maximum absolute atomic E-state index is 9.75. The SMILES string of the molecule is C[C@@]12[C@H]3[C@H]4CC[C@@H]1N1N4CN4[C@H]3CC[C@H]2[NH+]41.F[B-](F)(F)F. The molecule has 8 rings (SSSR count). The van der Waals surface area contributed by atoms with Gasteiger partial charge in [-0.1, -0.05) is 12.0 Å². The van der Waals surface area contributed by atoms with Crippen LogP contribution in [0.1, 0.15) is 32.6 Å². The summed E-state index contributed by atoms with van der Waals surface area (Å²) in [7, 11) is -6.00. The maximum Gasteiger partial charge on any atom is 0.673 e. The first-order chi connectivity index (χ1) is 9.82. The van der Waals surface area contributed by atoms with Crippen LogP contribution in [0.4, 0.5) is 17.3 Å². The van der Waals surface area contributed by atoms with Gasteiger partial charge in [-0.05, 0) is 19.3 Å². The van der Waals surface area contributed by atoms with Gasteiger partial charge in [-0.25, -0.2) is 0 Å². The molecule has 2 aliphatic carbocycles. The highest BCUT2D eigenvalue weighted by Crippen LogP contribution is 2.63. The monoisotopic (exact) mass is 306 g/mol. The van der Waals surface area contributed by atoms with Gasteiger partial charge in [0, 0.05) is 18.4 Å². The van der Waals surface area contributed by atoms with Crippen molar-refractivity contribution in [3.05, 3.63) is 0 Å². The van der Waals surface area contributed by atoms with Gasteiger partial charge in [-0.15, -0.1) is 5.01 Å². The second kappa shape index (κ2) is 3.58. The third kappa shape index (κ3) is 1.33. The molecule has 1 unspecified atom stereocenters. The first-order valence-corrected chi connectivity index (χ1v) is 7.88. The normalized spacial score (nSPS) is 56.4. The minimum atomic E-state index is -6.00. The third-order valence-electron chi connectivity index (χ3n) is 7.00. The number of hydrogen-bond acceptors (Lipinski definition) is 3. The molecule has 118 valence electrons. The number of hydrazine groups is 1. The molecule has 6 saturated heterocycles. The smallest absolute Gasteiger partial charge is 0.418 e. The van der Waals surface area contributed by atoms with E-state index in [1.165, 1.54) is 32.4 Å². The van der Waals surface area contributed by atoms with E-state index in [0.29, 0.717) is 5.41 Å². The predicted molar refractivity (Wildman–Crippen MR) is 66.7 cm³/mol. The summed E-state index contributed by atoms with van der Waals surface area (Å²) in [4.78, 5) is 0. The van der Waals surface area contributed by atoms with E-state index in [9.17, 15) is 17.3 Å². The zero-order valence-corrected chi connectivity index (χ0v) is 11.9. The minimum Gasteiger partial charge on any atom is -0.418 e. The molecule has 0 aromatic carbocycles. The van der Waals surface area contributed by atoms with Crippen LogP contribution >= 0.6 is 0 Å². The first-order valence-electron chi connectivity index (χ1n) is 7.88. The van der Waals surface area contributed by atoms with Crippen LogP contribution in [-0.4, -0.2) is 53.2 Å². The maximum atomic E-state index is 9.75. The van der Waals surface area contributed by atoms with Crippen LogP contribution in [0.2, 0.25) is 0 Å². The highest BCUT2D eigenvalue weighted by atomic mass is 19.5. The molecule has 7 atom stereocenters. The number of quaternary nitrogens is 1. The summed E-state index contributed by atoms with van der Waals surface area (Å²) in [5.74, 6) is 1.00. The van der Waals surface area contributed by atoms with Crippen LogP contribution < -0.4 is 5.12 Å². The molecular formula is C12H19BF4N4. The quantitative estimate of drug-likeness (QED) is 0.518. The zero-order valence-electron chi connectivity index (χ0n) is 11.9. The molecule has 1 N–H and O–H groups in total. The Hall–Kier alpha value is -0.375. The van der Waals surface area contributed by atoms with Gasteiger partial charge in [0.25, 0.3) is 0 Å². The lowest BCUT2D eigenvalue weighted by molar-refractivity contribution is -1.12. The molecule has 8 aliphatic rings. The van der Waals surface area contributed by atoms with Gasteiger partial charge in [0.15, 0.2) is 0 Å². The second-order valence-corrected chi connectivity index (χ2v) is 7.50. The summed E-state index contributed by atoms with van der Waals surface area (Å²) in [6.07, 6.45) is 5.91. The van der Waals surface area contributed by atoms with E-state index in [0.717, 1.165) is 30.1 Å². The summed E-state index contributed by atoms with van der Waals surface area (Å²) in [5.41, 5.74) is 0.661. The Morgan fingerprint density at radius 1 is 1.05 bits per heavy atom. The Kier molecular flexibility index (Phi) is 2.23.